The van der Waals surface area contributed by atoms with Gasteiger partial charge in [-0.15, -0.1) is 11.6 Å². The van der Waals surface area contributed by atoms with Crippen LogP contribution in [0.4, 0.5) is 0 Å². The van der Waals surface area contributed by atoms with Crippen LogP contribution in [0.25, 0.3) is 0 Å². The van der Waals surface area contributed by atoms with Crippen LogP contribution in [-0.2, 0) is 5.88 Å². The van der Waals surface area contributed by atoms with Gasteiger partial charge in [-0.25, -0.2) is 0 Å². The number of halogens is 1. The van der Waals surface area contributed by atoms with Gasteiger partial charge in [0.05, 0.1) is 19.1 Å². The second-order valence-corrected chi connectivity index (χ2v) is 5.37. The molecule has 0 unspecified atom stereocenters. The first-order valence-electron chi connectivity index (χ1n) is 7.28. The first-order chi connectivity index (χ1) is 9.35. The fourth-order valence-corrected chi connectivity index (χ4v) is 2.94. The molecule has 0 bridgehead atoms. The minimum Gasteiger partial charge on any atom is -0.490 e. The molecule has 106 valence electrons. The monoisotopic (exact) mass is 282 g/mol. The van der Waals surface area contributed by atoms with E-state index in [0.29, 0.717) is 12.5 Å². The molecule has 0 aliphatic heterocycles. The Hall–Kier alpha value is -0.890. The molecule has 0 saturated heterocycles. The van der Waals surface area contributed by atoms with Gasteiger partial charge >= 0.3 is 0 Å². The van der Waals surface area contributed by atoms with E-state index in [4.69, 9.17) is 21.1 Å². The van der Waals surface area contributed by atoms with Crippen molar-refractivity contribution in [3.05, 3.63) is 23.8 Å². The summed E-state index contributed by atoms with van der Waals surface area (Å²) >= 11 is 5.97. The summed E-state index contributed by atoms with van der Waals surface area (Å²) in [7, 11) is 0. The van der Waals surface area contributed by atoms with Gasteiger partial charge in [-0.1, -0.05) is 37.8 Å². The van der Waals surface area contributed by atoms with Crippen molar-refractivity contribution in [2.45, 2.75) is 44.9 Å². The van der Waals surface area contributed by atoms with Crippen molar-refractivity contribution in [3.8, 4) is 11.5 Å². The van der Waals surface area contributed by atoms with Crippen LogP contribution in [0.1, 0.15) is 44.6 Å². The molecule has 3 heteroatoms. The lowest BCUT2D eigenvalue weighted by molar-refractivity contribution is 0.253. The lowest BCUT2D eigenvalue weighted by atomic mass is 10.1. The Balaban J connectivity index is 1.96. The van der Waals surface area contributed by atoms with E-state index in [1.807, 2.05) is 25.1 Å². The quantitative estimate of drug-likeness (QED) is 0.670. The third-order valence-corrected chi connectivity index (χ3v) is 4.04. The van der Waals surface area contributed by atoms with Crippen LogP contribution in [0.2, 0.25) is 0 Å². The minimum atomic E-state index is 0.458. The minimum absolute atomic E-state index is 0.458. The number of benzene rings is 1. The summed E-state index contributed by atoms with van der Waals surface area (Å²) in [4.78, 5) is 0. The predicted octanol–water partition coefficient (Wildman–Crippen LogP) is 4.78. The molecule has 1 fully saturated rings. The molecule has 0 spiro atoms. The van der Waals surface area contributed by atoms with Gasteiger partial charge in [-0.2, -0.15) is 0 Å². The molecule has 0 atom stereocenters. The van der Waals surface area contributed by atoms with Crippen molar-refractivity contribution in [1.29, 1.82) is 0 Å². The summed E-state index contributed by atoms with van der Waals surface area (Å²) in [6.45, 7) is 3.39. The molecule has 0 amide bonds. The Labute approximate surface area is 121 Å². The molecule has 0 radical (unpaired) electrons. The molecule has 1 saturated carbocycles. The highest BCUT2D eigenvalue weighted by atomic mass is 35.5. The Morgan fingerprint density at radius 2 is 2.00 bits per heavy atom. The van der Waals surface area contributed by atoms with Gasteiger partial charge in [0.25, 0.3) is 0 Å². The summed E-state index contributed by atoms with van der Waals surface area (Å²) in [5, 5.41) is 0. The van der Waals surface area contributed by atoms with E-state index in [9.17, 15) is 0 Å². The maximum Gasteiger partial charge on any atom is 0.165 e. The van der Waals surface area contributed by atoms with Gasteiger partial charge in [0, 0.05) is 5.56 Å². The first kappa shape index (κ1) is 14.5. The molecule has 2 rings (SSSR count). The van der Waals surface area contributed by atoms with Gasteiger partial charge in [0.1, 0.15) is 0 Å². The zero-order valence-corrected chi connectivity index (χ0v) is 12.4. The third-order valence-electron chi connectivity index (χ3n) is 3.75. The smallest absolute Gasteiger partial charge is 0.165 e. The largest absolute Gasteiger partial charge is 0.490 e. The van der Waals surface area contributed by atoms with Crippen molar-refractivity contribution in [1.82, 2.24) is 0 Å². The highest BCUT2D eigenvalue weighted by Gasteiger charge is 2.16. The number of hydrogen-bond donors (Lipinski definition) is 0. The Morgan fingerprint density at radius 3 is 2.68 bits per heavy atom. The third kappa shape index (κ3) is 4.04. The molecule has 1 aliphatic carbocycles. The molecule has 2 nitrogen and oxygen atoms in total. The van der Waals surface area contributed by atoms with E-state index in [0.717, 1.165) is 36.0 Å². The molecule has 19 heavy (non-hydrogen) atoms. The standard InChI is InChI=1S/C16H23ClO2/c1-2-18-15-9-5-8-14(12-17)16(15)19-11-10-13-6-3-4-7-13/h5,8-9,13H,2-4,6-7,10-12H2,1H3. The molecule has 0 N–H and O–H groups in total. The lowest BCUT2D eigenvalue weighted by Gasteiger charge is -2.16. The highest BCUT2D eigenvalue weighted by Crippen LogP contribution is 2.33. The molecule has 0 aromatic heterocycles. The van der Waals surface area contributed by atoms with Gasteiger partial charge in [0.15, 0.2) is 11.5 Å². The van der Waals surface area contributed by atoms with E-state index in [2.05, 4.69) is 0 Å². The predicted molar refractivity (Wildman–Crippen MR) is 79.2 cm³/mol. The summed E-state index contributed by atoms with van der Waals surface area (Å²) in [5.41, 5.74) is 1.01. The summed E-state index contributed by atoms with van der Waals surface area (Å²) in [6.07, 6.45) is 6.63. The van der Waals surface area contributed by atoms with Gasteiger partial charge in [0.2, 0.25) is 0 Å². The van der Waals surface area contributed by atoms with E-state index in [1.54, 1.807) is 0 Å². The molecular formula is C16H23ClO2. The van der Waals surface area contributed by atoms with Gasteiger partial charge in [-0.05, 0) is 25.3 Å². The Morgan fingerprint density at radius 1 is 1.21 bits per heavy atom. The van der Waals surface area contributed by atoms with Crippen molar-refractivity contribution in [2.75, 3.05) is 13.2 Å². The topological polar surface area (TPSA) is 18.5 Å². The maximum atomic E-state index is 5.97. The maximum absolute atomic E-state index is 5.97. The van der Waals surface area contributed by atoms with Crippen LogP contribution in [0.15, 0.2) is 18.2 Å². The van der Waals surface area contributed by atoms with Crippen LogP contribution in [-0.4, -0.2) is 13.2 Å². The van der Waals surface area contributed by atoms with Crippen molar-refractivity contribution < 1.29 is 9.47 Å². The normalized spacial score (nSPS) is 15.7. The average molecular weight is 283 g/mol. The first-order valence-corrected chi connectivity index (χ1v) is 7.82. The van der Waals surface area contributed by atoms with Crippen LogP contribution in [0.5, 0.6) is 11.5 Å². The molecule has 1 aromatic carbocycles. The SMILES string of the molecule is CCOc1cccc(CCl)c1OCCC1CCCC1. The number of rotatable bonds is 7. The summed E-state index contributed by atoms with van der Waals surface area (Å²) < 4.78 is 11.6. The van der Waals surface area contributed by atoms with E-state index < -0.39 is 0 Å². The second kappa shape index (κ2) is 7.64. The van der Waals surface area contributed by atoms with Crippen molar-refractivity contribution in [3.63, 3.8) is 0 Å². The van der Waals surface area contributed by atoms with Gasteiger partial charge < -0.3 is 9.47 Å². The van der Waals surface area contributed by atoms with E-state index in [-0.39, 0.29) is 0 Å². The Bertz CT molecular complexity index is 386. The van der Waals surface area contributed by atoms with Crippen LogP contribution in [0.3, 0.4) is 0 Å². The highest BCUT2D eigenvalue weighted by molar-refractivity contribution is 6.17. The zero-order valence-electron chi connectivity index (χ0n) is 11.7. The summed E-state index contributed by atoms with van der Waals surface area (Å²) in [6, 6.07) is 5.91. The fourth-order valence-electron chi connectivity index (χ4n) is 2.73. The lowest BCUT2D eigenvalue weighted by Crippen LogP contribution is -2.06. The van der Waals surface area contributed by atoms with Crippen LogP contribution in [0, 0.1) is 5.92 Å². The number of alkyl halides is 1. The van der Waals surface area contributed by atoms with E-state index in [1.165, 1.54) is 25.7 Å². The zero-order chi connectivity index (χ0) is 13.5. The number of para-hydroxylation sites is 1. The molecule has 0 heterocycles. The average Bonchev–Trinajstić information content (AvgIpc) is 2.93. The van der Waals surface area contributed by atoms with Crippen LogP contribution >= 0.6 is 11.6 Å². The number of hydrogen-bond acceptors (Lipinski definition) is 2. The molecule has 1 aromatic rings. The summed E-state index contributed by atoms with van der Waals surface area (Å²) in [5.74, 6) is 2.95. The fraction of sp³-hybridized carbons (Fsp3) is 0.625. The molecular weight excluding hydrogens is 260 g/mol. The number of ether oxygens (including phenoxy) is 2. The second-order valence-electron chi connectivity index (χ2n) is 5.10. The molecule has 1 aliphatic rings. The van der Waals surface area contributed by atoms with Crippen LogP contribution < -0.4 is 9.47 Å². The Kier molecular flexibility index (Phi) is 5.84. The van der Waals surface area contributed by atoms with Crippen molar-refractivity contribution >= 4 is 11.6 Å². The van der Waals surface area contributed by atoms with Gasteiger partial charge in [-0.3, -0.25) is 0 Å². The van der Waals surface area contributed by atoms with Crippen molar-refractivity contribution in [2.24, 2.45) is 5.92 Å². The van der Waals surface area contributed by atoms with E-state index >= 15 is 0 Å².